The molecule has 0 aromatic carbocycles. The fourth-order valence-corrected chi connectivity index (χ4v) is 4.43. The van der Waals surface area contributed by atoms with Crippen molar-refractivity contribution in [1.29, 1.82) is 0 Å². The first-order valence-electron chi connectivity index (χ1n) is 10.5. The van der Waals surface area contributed by atoms with E-state index in [2.05, 4.69) is 5.16 Å². The summed E-state index contributed by atoms with van der Waals surface area (Å²) in [5.74, 6) is 2.81. The van der Waals surface area contributed by atoms with Crippen LogP contribution in [-0.2, 0) is 9.59 Å². The third-order valence-corrected chi connectivity index (χ3v) is 6.10. The molecule has 6 nitrogen and oxygen atoms in total. The van der Waals surface area contributed by atoms with Gasteiger partial charge in [-0.3, -0.25) is 9.59 Å². The highest BCUT2D eigenvalue weighted by Crippen LogP contribution is 2.37. The Morgan fingerprint density at radius 3 is 2.33 bits per heavy atom. The number of likely N-dealkylation sites (tertiary alicyclic amines) is 1. The molecular formula is C21H33N3O3. The van der Waals surface area contributed by atoms with E-state index in [1.54, 1.807) is 0 Å². The van der Waals surface area contributed by atoms with E-state index in [1.165, 1.54) is 0 Å². The summed E-state index contributed by atoms with van der Waals surface area (Å²) in [5.41, 5.74) is 0. The summed E-state index contributed by atoms with van der Waals surface area (Å²) in [7, 11) is 0. The fraction of sp³-hybridized carbons (Fsp3) is 0.810. The lowest BCUT2D eigenvalue weighted by atomic mass is 9.78. The normalized spacial score (nSPS) is 26.6. The Morgan fingerprint density at radius 2 is 1.70 bits per heavy atom. The topological polar surface area (TPSA) is 76.3 Å². The summed E-state index contributed by atoms with van der Waals surface area (Å²) in [6, 6.07) is 0. The number of aromatic nitrogens is 2. The minimum Gasteiger partial charge on any atom is -0.342 e. The third kappa shape index (κ3) is 4.58. The number of carbonyl (C=O) groups excluding carboxylic acids is 2. The molecule has 1 atom stereocenters. The maximum atomic E-state index is 12.3. The number of ketones is 1. The van der Waals surface area contributed by atoms with Crippen LogP contribution in [0.2, 0.25) is 0 Å². The molecule has 0 spiro atoms. The van der Waals surface area contributed by atoms with E-state index in [0.29, 0.717) is 18.2 Å². The SMILES string of the molecule is CC(C)C(=O)C1CCC(c2nc(C3CCCN(C(=O)C(C)C)C3)no2)CC1. The van der Waals surface area contributed by atoms with E-state index >= 15 is 0 Å². The maximum absolute atomic E-state index is 12.3. The second-order valence-electron chi connectivity index (χ2n) is 8.87. The lowest BCUT2D eigenvalue weighted by molar-refractivity contribution is -0.135. The molecule has 6 heteroatoms. The Kier molecular flexibility index (Phi) is 6.33. The first-order chi connectivity index (χ1) is 12.9. The van der Waals surface area contributed by atoms with Crippen molar-refractivity contribution in [3.63, 3.8) is 0 Å². The lowest BCUT2D eigenvalue weighted by Gasteiger charge is -2.32. The van der Waals surface area contributed by atoms with Gasteiger partial charge in [-0.05, 0) is 38.5 Å². The van der Waals surface area contributed by atoms with E-state index in [9.17, 15) is 9.59 Å². The minimum atomic E-state index is 0.0216. The monoisotopic (exact) mass is 375 g/mol. The molecule has 1 amide bonds. The van der Waals surface area contributed by atoms with Gasteiger partial charge in [0.25, 0.3) is 0 Å². The molecule has 2 fully saturated rings. The molecule has 2 aliphatic rings. The number of nitrogens with zero attached hydrogens (tertiary/aromatic N) is 3. The summed E-state index contributed by atoms with van der Waals surface area (Å²) >= 11 is 0. The molecule has 3 rings (SSSR count). The minimum absolute atomic E-state index is 0.0216. The van der Waals surface area contributed by atoms with Crippen LogP contribution in [0.4, 0.5) is 0 Å². The van der Waals surface area contributed by atoms with Crippen molar-refractivity contribution in [2.75, 3.05) is 13.1 Å². The van der Waals surface area contributed by atoms with Crippen LogP contribution in [0.5, 0.6) is 0 Å². The molecule has 0 bridgehead atoms. The molecule has 1 unspecified atom stereocenters. The Labute approximate surface area is 162 Å². The molecule has 2 heterocycles. The molecule has 1 saturated heterocycles. The van der Waals surface area contributed by atoms with Gasteiger partial charge in [0.1, 0.15) is 5.78 Å². The van der Waals surface area contributed by atoms with Crippen LogP contribution < -0.4 is 0 Å². The second-order valence-corrected chi connectivity index (χ2v) is 8.87. The summed E-state index contributed by atoms with van der Waals surface area (Å²) in [6.45, 7) is 9.36. The molecule has 150 valence electrons. The van der Waals surface area contributed by atoms with Crippen LogP contribution in [0.3, 0.4) is 0 Å². The molecule has 27 heavy (non-hydrogen) atoms. The zero-order valence-corrected chi connectivity index (χ0v) is 17.1. The largest absolute Gasteiger partial charge is 0.342 e. The molecular weight excluding hydrogens is 342 g/mol. The van der Waals surface area contributed by atoms with E-state index in [0.717, 1.165) is 50.9 Å². The smallest absolute Gasteiger partial charge is 0.229 e. The highest BCUT2D eigenvalue weighted by molar-refractivity contribution is 5.82. The number of carbonyl (C=O) groups is 2. The number of hydrogen-bond donors (Lipinski definition) is 0. The van der Waals surface area contributed by atoms with Gasteiger partial charge in [-0.15, -0.1) is 0 Å². The molecule has 1 saturated carbocycles. The van der Waals surface area contributed by atoms with Crippen molar-refractivity contribution in [2.24, 2.45) is 17.8 Å². The predicted molar refractivity (Wildman–Crippen MR) is 102 cm³/mol. The van der Waals surface area contributed by atoms with Crippen molar-refractivity contribution in [2.45, 2.75) is 78.1 Å². The van der Waals surface area contributed by atoms with Crippen LogP contribution >= 0.6 is 0 Å². The number of piperidine rings is 1. The van der Waals surface area contributed by atoms with Gasteiger partial charge < -0.3 is 9.42 Å². The summed E-state index contributed by atoms with van der Waals surface area (Å²) < 4.78 is 5.59. The van der Waals surface area contributed by atoms with Crippen LogP contribution in [0.25, 0.3) is 0 Å². The van der Waals surface area contributed by atoms with Gasteiger partial charge >= 0.3 is 0 Å². The predicted octanol–water partition coefficient (Wildman–Crippen LogP) is 3.93. The van der Waals surface area contributed by atoms with E-state index in [1.807, 2.05) is 32.6 Å². The Morgan fingerprint density at radius 1 is 1.00 bits per heavy atom. The number of hydrogen-bond acceptors (Lipinski definition) is 5. The van der Waals surface area contributed by atoms with Gasteiger partial charge in [-0.1, -0.05) is 32.9 Å². The van der Waals surface area contributed by atoms with Gasteiger partial charge in [0, 0.05) is 42.7 Å². The number of rotatable bonds is 5. The molecule has 1 aromatic heterocycles. The van der Waals surface area contributed by atoms with Crippen molar-refractivity contribution in [3.05, 3.63) is 11.7 Å². The molecule has 0 N–H and O–H groups in total. The van der Waals surface area contributed by atoms with Crippen molar-refractivity contribution in [1.82, 2.24) is 15.0 Å². The summed E-state index contributed by atoms with van der Waals surface area (Å²) in [6.07, 6.45) is 5.69. The van der Waals surface area contributed by atoms with Crippen molar-refractivity contribution < 1.29 is 14.1 Å². The highest BCUT2D eigenvalue weighted by Gasteiger charge is 2.33. The standard InChI is InChI=1S/C21H33N3O3/c1-13(2)18(25)15-7-9-16(10-8-15)20-22-19(23-27-20)17-6-5-11-24(12-17)21(26)14(3)4/h13-17H,5-12H2,1-4H3. The average molecular weight is 376 g/mol. The van der Waals surface area contributed by atoms with E-state index in [4.69, 9.17) is 9.51 Å². The molecule has 1 aliphatic heterocycles. The Balaban J connectivity index is 1.59. The van der Waals surface area contributed by atoms with E-state index < -0.39 is 0 Å². The Bertz CT molecular complexity index is 659. The quantitative estimate of drug-likeness (QED) is 0.779. The van der Waals surface area contributed by atoms with Gasteiger partial charge in [0.15, 0.2) is 5.82 Å². The Hall–Kier alpha value is -1.72. The van der Waals surface area contributed by atoms with Crippen LogP contribution in [0.1, 0.15) is 89.8 Å². The van der Waals surface area contributed by atoms with E-state index in [-0.39, 0.29) is 35.5 Å². The van der Waals surface area contributed by atoms with Gasteiger partial charge in [-0.2, -0.15) is 4.98 Å². The lowest BCUT2D eigenvalue weighted by Crippen LogP contribution is -2.41. The van der Waals surface area contributed by atoms with Crippen molar-refractivity contribution in [3.8, 4) is 0 Å². The van der Waals surface area contributed by atoms with Crippen LogP contribution in [0.15, 0.2) is 4.52 Å². The first-order valence-corrected chi connectivity index (χ1v) is 10.5. The van der Waals surface area contributed by atoms with Crippen LogP contribution in [-0.4, -0.2) is 39.8 Å². The van der Waals surface area contributed by atoms with Gasteiger partial charge in [-0.25, -0.2) is 0 Å². The number of amides is 1. The van der Waals surface area contributed by atoms with Crippen molar-refractivity contribution >= 4 is 11.7 Å². The second kappa shape index (κ2) is 8.53. The fourth-order valence-electron chi connectivity index (χ4n) is 4.43. The zero-order valence-electron chi connectivity index (χ0n) is 17.1. The van der Waals surface area contributed by atoms with Gasteiger partial charge in [0.2, 0.25) is 11.8 Å². The first kappa shape index (κ1) is 20.0. The molecule has 1 aromatic rings. The average Bonchev–Trinajstić information content (AvgIpc) is 3.17. The third-order valence-electron chi connectivity index (χ3n) is 6.10. The van der Waals surface area contributed by atoms with Gasteiger partial charge in [0.05, 0.1) is 0 Å². The highest BCUT2D eigenvalue weighted by atomic mass is 16.5. The maximum Gasteiger partial charge on any atom is 0.229 e. The molecule has 1 aliphatic carbocycles. The zero-order chi connectivity index (χ0) is 19.6. The molecule has 0 radical (unpaired) electrons. The van der Waals surface area contributed by atoms with Crippen LogP contribution in [0, 0.1) is 17.8 Å². The summed E-state index contributed by atoms with van der Waals surface area (Å²) in [4.78, 5) is 31.1. The number of Topliss-reactive ketones (excluding diaryl/α,β-unsaturated/α-hetero) is 1. The summed E-state index contributed by atoms with van der Waals surface area (Å²) in [5, 5.41) is 4.25.